The Morgan fingerprint density at radius 3 is 2.61 bits per heavy atom. The Kier molecular flexibility index (Phi) is 3.82. The van der Waals surface area contributed by atoms with Crippen LogP contribution in [0.2, 0.25) is 0 Å². The molecule has 1 N–H and O–H groups in total. The topological polar surface area (TPSA) is 57.6 Å². The van der Waals surface area contributed by atoms with Crippen LogP contribution in [-0.2, 0) is 11.3 Å². The fraction of sp³-hybridized carbons (Fsp3) is 0.176. The molecule has 1 heterocycles. The Labute approximate surface area is 131 Å². The molecule has 1 aliphatic heterocycles. The highest BCUT2D eigenvalue weighted by Crippen LogP contribution is 2.34. The van der Waals surface area contributed by atoms with E-state index >= 15 is 0 Å². The zero-order valence-electron chi connectivity index (χ0n) is 12.0. The molecule has 0 radical (unpaired) electrons. The second kappa shape index (κ2) is 5.79. The molecule has 0 saturated carbocycles. The van der Waals surface area contributed by atoms with E-state index in [4.69, 9.17) is 5.11 Å². The van der Waals surface area contributed by atoms with Crippen molar-refractivity contribution in [3.63, 3.8) is 0 Å². The van der Waals surface area contributed by atoms with Crippen LogP contribution in [0.3, 0.4) is 0 Å². The minimum Gasteiger partial charge on any atom is -0.481 e. The van der Waals surface area contributed by atoms with Gasteiger partial charge in [-0.3, -0.25) is 9.59 Å². The number of carbonyl (C=O) groups excluding carboxylic acids is 1. The maximum atomic E-state index is 14.1. The number of rotatable bonds is 4. The minimum atomic E-state index is -1.16. The predicted molar refractivity (Wildman–Crippen MR) is 77.7 cm³/mol. The SMILES string of the molecule is O=C(O)CC(c1ccc(F)cc1F)N1Cc2ccccc2C1=O. The van der Waals surface area contributed by atoms with Gasteiger partial charge in [-0.2, -0.15) is 0 Å². The van der Waals surface area contributed by atoms with Crippen LogP contribution < -0.4 is 0 Å². The van der Waals surface area contributed by atoms with Gasteiger partial charge in [-0.05, 0) is 17.7 Å². The van der Waals surface area contributed by atoms with Gasteiger partial charge < -0.3 is 10.0 Å². The van der Waals surface area contributed by atoms with Gasteiger partial charge in [-0.1, -0.05) is 24.3 Å². The standard InChI is InChI=1S/C17H13F2NO3/c18-11-5-6-13(14(19)7-11)15(8-16(21)22)20-9-10-3-1-2-4-12(10)17(20)23/h1-7,15H,8-9H2,(H,21,22). The van der Waals surface area contributed by atoms with Crippen LogP contribution in [0, 0.1) is 11.6 Å². The molecular formula is C17H13F2NO3. The summed E-state index contributed by atoms with van der Waals surface area (Å²) in [6.07, 6.45) is -0.456. The molecule has 0 spiro atoms. The molecule has 4 nitrogen and oxygen atoms in total. The van der Waals surface area contributed by atoms with E-state index in [0.717, 1.165) is 11.6 Å². The van der Waals surface area contributed by atoms with Crippen molar-refractivity contribution in [2.24, 2.45) is 0 Å². The molecule has 1 unspecified atom stereocenters. The summed E-state index contributed by atoms with van der Waals surface area (Å²) in [5.74, 6) is -3.13. The number of halogens is 2. The van der Waals surface area contributed by atoms with Gasteiger partial charge in [0.25, 0.3) is 5.91 Å². The van der Waals surface area contributed by atoms with Gasteiger partial charge in [-0.25, -0.2) is 8.78 Å². The van der Waals surface area contributed by atoms with Crippen molar-refractivity contribution < 1.29 is 23.5 Å². The maximum Gasteiger partial charge on any atom is 0.305 e. The molecule has 118 valence electrons. The number of carboxylic acid groups (broad SMARTS) is 1. The quantitative estimate of drug-likeness (QED) is 0.942. The number of carbonyl (C=O) groups is 2. The van der Waals surface area contributed by atoms with Crippen LogP contribution in [-0.4, -0.2) is 21.9 Å². The van der Waals surface area contributed by atoms with Crippen molar-refractivity contribution in [2.45, 2.75) is 19.0 Å². The highest BCUT2D eigenvalue weighted by molar-refractivity contribution is 5.98. The van der Waals surface area contributed by atoms with E-state index in [9.17, 15) is 18.4 Å². The molecule has 0 fully saturated rings. The first-order valence-electron chi connectivity index (χ1n) is 7.03. The second-order valence-corrected chi connectivity index (χ2v) is 5.37. The van der Waals surface area contributed by atoms with Crippen molar-refractivity contribution in [1.29, 1.82) is 0 Å². The number of carboxylic acids is 1. The van der Waals surface area contributed by atoms with Gasteiger partial charge in [0, 0.05) is 23.7 Å². The van der Waals surface area contributed by atoms with Gasteiger partial charge >= 0.3 is 5.97 Å². The Balaban J connectivity index is 2.01. The van der Waals surface area contributed by atoms with Gasteiger partial charge in [0.05, 0.1) is 12.5 Å². The molecule has 1 aliphatic rings. The molecule has 2 aromatic rings. The van der Waals surface area contributed by atoms with Gasteiger partial charge in [0.1, 0.15) is 11.6 Å². The van der Waals surface area contributed by atoms with Crippen LogP contribution in [0.1, 0.15) is 33.9 Å². The lowest BCUT2D eigenvalue weighted by Crippen LogP contribution is -2.31. The zero-order valence-corrected chi connectivity index (χ0v) is 12.0. The number of nitrogens with zero attached hydrogens (tertiary/aromatic N) is 1. The Morgan fingerprint density at radius 1 is 1.22 bits per heavy atom. The maximum absolute atomic E-state index is 14.1. The van der Waals surface area contributed by atoms with E-state index in [1.807, 2.05) is 0 Å². The number of aliphatic carboxylic acids is 1. The summed E-state index contributed by atoms with van der Waals surface area (Å²) in [7, 11) is 0. The molecule has 0 aromatic heterocycles. The Hall–Kier alpha value is -2.76. The molecular weight excluding hydrogens is 304 g/mol. The fourth-order valence-electron chi connectivity index (χ4n) is 2.85. The molecule has 1 amide bonds. The first-order valence-corrected chi connectivity index (χ1v) is 7.03. The summed E-state index contributed by atoms with van der Waals surface area (Å²) in [4.78, 5) is 25.0. The molecule has 0 saturated heterocycles. The third-order valence-corrected chi connectivity index (χ3v) is 3.92. The van der Waals surface area contributed by atoms with Crippen LogP contribution in [0.25, 0.3) is 0 Å². The summed E-state index contributed by atoms with van der Waals surface area (Å²) in [5.41, 5.74) is 1.23. The van der Waals surface area contributed by atoms with Crippen molar-refractivity contribution in [3.05, 3.63) is 70.8 Å². The third kappa shape index (κ3) is 2.79. The van der Waals surface area contributed by atoms with E-state index in [1.165, 1.54) is 11.0 Å². The number of hydrogen-bond donors (Lipinski definition) is 1. The van der Waals surface area contributed by atoms with Crippen LogP contribution in [0.4, 0.5) is 8.78 Å². The van der Waals surface area contributed by atoms with Crippen LogP contribution >= 0.6 is 0 Å². The molecule has 0 aliphatic carbocycles. The van der Waals surface area contributed by atoms with Crippen molar-refractivity contribution >= 4 is 11.9 Å². The Bertz CT molecular complexity index is 791. The molecule has 3 rings (SSSR count). The van der Waals surface area contributed by atoms with Gasteiger partial charge in [0.15, 0.2) is 0 Å². The second-order valence-electron chi connectivity index (χ2n) is 5.37. The smallest absolute Gasteiger partial charge is 0.305 e. The summed E-state index contributed by atoms with van der Waals surface area (Å²) in [5, 5.41) is 9.12. The average molecular weight is 317 g/mol. The Morgan fingerprint density at radius 2 is 1.96 bits per heavy atom. The number of benzene rings is 2. The van der Waals surface area contributed by atoms with Crippen molar-refractivity contribution in [2.75, 3.05) is 0 Å². The first-order chi connectivity index (χ1) is 11.0. The lowest BCUT2D eigenvalue weighted by molar-refractivity contribution is -0.138. The summed E-state index contributed by atoms with van der Waals surface area (Å²) < 4.78 is 27.2. The molecule has 1 atom stereocenters. The largest absolute Gasteiger partial charge is 0.481 e. The van der Waals surface area contributed by atoms with Crippen molar-refractivity contribution in [1.82, 2.24) is 4.90 Å². The summed E-state index contributed by atoms with van der Waals surface area (Å²) in [6, 6.07) is 8.86. The normalized spacial score (nSPS) is 14.7. The third-order valence-electron chi connectivity index (χ3n) is 3.92. The van der Waals surface area contributed by atoms with Gasteiger partial charge in [0.2, 0.25) is 0 Å². The molecule has 23 heavy (non-hydrogen) atoms. The lowest BCUT2D eigenvalue weighted by atomic mass is 10.0. The van der Waals surface area contributed by atoms with E-state index in [-0.39, 0.29) is 18.0 Å². The average Bonchev–Trinajstić information content (AvgIpc) is 2.83. The number of fused-ring (bicyclic) bond motifs is 1. The van der Waals surface area contributed by atoms with Crippen molar-refractivity contribution in [3.8, 4) is 0 Å². The predicted octanol–water partition coefficient (Wildman–Crippen LogP) is 3.14. The number of hydrogen-bond acceptors (Lipinski definition) is 2. The van der Waals surface area contributed by atoms with E-state index in [1.54, 1.807) is 24.3 Å². The number of amides is 1. The first kappa shape index (κ1) is 15.1. The molecule has 2 aromatic carbocycles. The van der Waals surface area contributed by atoms with Crippen LogP contribution in [0.5, 0.6) is 0 Å². The van der Waals surface area contributed by atoms with E-state index < -0.39 is 30.1 Å². The lowest BCUT2D eigenvalue weighted by Gasteiger charge is -2.27. The minimum absolute atomic E-state index is 0.00467. The van der Waals surface area contributed by atoms with Crippen LogP contribution in [0.15, 0.2) is 42.5 Å². The highest BCUT2D eigenvalue weighted by Gasteiger charge is 2.35. The van der Waals surface area contributed by atoms with E-state index in [0.29, 0.717) is 11.6 Å². The van der Waals surface area contributed by atoms with Gasteiger partial charge in [-0.15, -0.1) is 0 Å². The van der Waals surface area contributed by atoms with E-state index in [2.05, 4.69) is 0 Å². The highest BCUT2D eigenvalue weighted by atomic mass is 19.1. The summed E-state index contributed by atoms with van der Waals surface area (Å²) in [6.45, 7) is 0.198. The summed E-state index contributed by atoms with van der Waals surface area (Å²) >= 11 is 0. The molecule has 0 bridgehead atoms. The molecule has 6 heteroatoms. The fourth-order valence-corrected chi connectivity index (χ4v) is 2.85. The zero-order chi connectivity index (χ0) is 16.6. The monoisotopic (exact) mass is 317 g/mol.